The van der Waals surface area contributed by atoms with Crippen molar-refractivity contribution in [2.75, 3.05) is 0 Å². The monoisotopic (exact) mass is 400 g/mol. The van der Waals surface area contributed by atoms with Crippen LogP contribution in [0.25, 0.3) is 21.5 Å². The van der Waals surface area contributed by atoms with Gasteiger partial charge in [-0.05, 0) is 21.5 Å². The van der Waals surface area contributed by atoms with Crippen LogP contribution in [0.4, 0.5) is 0 Å². The standard InChI is InChI=1S/2C10H8.O5P2/c2*1-2-6-10-8-4-3-7-9(10)5-1;1-6(2)5-7(3)4/h2*1-8H;/p+2. The smallest absolute Gasteiger partial charge is 0.131 e. The normalized spacial score (nSPS) is 10.9. The summed E-state index contributed by atoms with van der Waals surface area (Å²) >= 11 is 0. The topological polar surface area (TPSA) is 83.8 Å². The average molecular weight is 400 g/mol. The minimum Gasteiger partial charge on any atom is -0.131 e. The molecule has 0 heterocycles. The Morgan fingerprint density at radius 3 is 0.778 bits per heavy atom. The quantitative estimate of drug-likeness (QED) is 0.404. The van der Waals surface area contributed by atoms with Crippen molar-refractivity contribution in [2.45, 2.75) is 0 Å². The van der Waals surface area contributed by atoms with Crippen LogP contribution in [0.1, 0.15) is 0 Å². The summed E-state index contributed by atoms with van der Waals surface area (Å²) in [6.45, 7) is 0. The highest BCUT2D eigenvalue weighted by molar-refractivity contribution is 7.46. The third-order valence-corrected chi connectivity index (χ3v) is 4.57. The number of hydrogen-bond acceptors (Lipinski definition) is 3. The van der Waals surface area contributed by atoms with E-state index in [0.29, 0.717) is 0 Å². The second-order valence-electron chi connectivity index (χ2n) is 5.25. The Kier molecular flexibility index (Phi) is 8.66. The van der Waals surface area contributed by atoms with Crippen LogP contribution < -0.4 is 0 Å². The number of hydrogen-bond donors (Lipinski definition) is 2. The molecule has 2 N–H and O–H groups in total. The lowest BCUT2D eigenvalue weighted by Crippen LogP contribution is -1.67. The summed E-state index contributed by atoms with van der Waals surface area (Å²) in [4.78, 5) is 15.3. The van der Waals surface area contributed by atoms with Gasteiger partial charge in [-0.15, -0.1) is 9.79 Å². The first-order chi connectivity index (χ1) is 13.1. The summed E-state index contributed by atoms with van der Waals surface area (Å²) in [6.07, 6.45) is 0. The van der Waals surface area contributed by atoms with E-state index < -0.39 is 16.5 Å². The highest BCUT2D eigenvalue weighted by Gasteiger charge is 2.31. The van der Waals surface area contributed by atoms with Crippen molar-refractivity contribution in [3.05, 3.63) is 97.1 Å². The molecule has 4 aromatic carbocycles. The van der Waals surface area contributed by atoms with Gasteiger partial charge in [0.2, 0.25) is 0 Å². The molecule has 0 bridgehead atoms. The molecule has 5 nitrogen and oxygen atoms in total. The summed E-state index contributed by atoms with van der Waals surface area (Å²) in [5.41, 5.74) is 0. The summed E-state index contributed by atoms with van der Waals surface area (Å²) < 4.78 is 22.2. The van der Waals surface area contributed by atoms with E-state index in [1.165, 1.54) is 21.5 Å². The second kappa shape index (κ2) is 11.2. The zero-order valence-electron chi connectivity index (χ0n) is 14.3. The highest BCUT2D eigenvalue weighted by Crippen LogP contribution is 2.30. The molecular formula is C20H18O5P2+2. The van der Waals surface area contributed by atoms with Crippen LogP contribution in [0, 0.1) is 0 Å². The van der Waals surface area contributed by atoms with Crippen molar-refractivity contribution in [2.24, 2.45) is 0 Å². The number of rotatable bonds is 2. The van der Waals surface area contributed by atoms with E-state index >= 15 is 0 Å². The molecule has 0 saturated heterocycles. The molecule has 2 unspecified atom stereocenters. The third kappa shape index (κ3) is 7.71. The Morgan fingerprint density at radius 1 is 0.481 bits per heavy atom. The summed E-state index contributed by atoms with van der Waals surface area (Å²) in [6, 6.07) is 33.4. The van der Waals surface area contributed by atoms with Crippen LogP contribution in [0.2, 0.25) is 0 Å². The Morgan fingerprint density at radius 2 is 0.667 bits per heavy atom. The minimum atomic E-state index is -2.92. The molecule has 4 rings (SSSR count). The van der Waals surface area contributed by atoms with Crippen LogP contribution in [0.5, 0.6) is 0 Å². The minimum absolute atomic E-state index is 1.31. The molecule has 4 aromatic rings. The number of fused-ring (bicyclic) bond motifs is 2. The van der Waals surface area contributed by atoms with Crippen molar-refractivity contribution < 1.29 is 23.2 Å². The molecular weight excluding hydrogens is 382 g/mol. The van der Waals surface area contributed by atoms with E-state index in [-0.39, 0.29) is 0 Å². The molecule has 2 atom stereocenters. The molecule has 0 saturated carbocycles. The van der Waals surface area contributed by atoms with Crippen LogP contribution in [0.15, 0.2) is 97.1 Å². The summed E-state index contributed by atoms with van der Waals surface area (Å²) in [5.74, 6) is 0. The Hall–Kier alpha value is -2.52. The molecule has 0 spiro atoms. The molecule has 136 valence electrons. The lowest BCUT2D eigenvalue weighted by Gasteiger charge is -1.92. The van der Waals surface area contributed by atoms with Crippen molar-refractivity contribution in [1.29, 1.82) is 0 Å². The molecule has 0 aliphatic rings. The van der Waals surface area contributed by atoms with E-state index in [1.807, 2.05) is 0 Å². The predicted octanol–water partition coefficient (Wildman–Crippen LogP) is 5.98. The number of benzene rings is 4. The average Bonchev–Trinajstić information content (AvgIpc) is 2.68. The van der Waals surface area contributed by atoms with E-state index in [0.717, 1.165) is 0 Å². The zero-order chi connectivity index (χ0) is 19.5. The van der Waals surface area contributed by atoms with Crippen molar-refractivity contribution in [1.82, 2.24) is 0 Å². The van der Waals surface area contributed by atoms with Crippen LogP contribution >= 0.6 is 16.5 Å². The molecule has 0 fully saturated rings. The van der Waals surface area contributed by atoms with Gasteiger partial charge < -0.3 is 0 Å². The molecule has 0 amide bonds. The third-order valence-electron chi connectivity index (χ3n) is 3.46. The first-order valence-electron chi connectivity index (χ1n) is 7.94. The summed E-state index contributed by atoms with van der Waals surface area (Å²) in [7, 11) is -5.85. The highest BCUT2D eigenvalue weighted by atomic mass is 31.2. The SMILES string of the molecule is O=[P+](O)O[P+](=O)O.c1ccc2ccccc2c1.c1ccc2ccccc2c1. The van der Waals surface area contributed by atoms with Gasteiger partial charge in [-0.25, -0.2) is 0 Å². The van der Waals surface area contributed by atoms with Gasteiger partial charge in [0.1, 0.15) is 0 Å². The maximum Gasteiger partial charge on any atom is 0.745 e. The van der Waals surface area contributed by atoms with Gasteiger partial charge in [0.05, 0.1) is 0 Å². The fraction of sp³-hybridized carbons (Fsp3) is 0. The Bertz CT molecular complexity index is 822. The maximum atomic E-state index is 9.39. The maximum absolute atomic E-state index is 9.39. The lowest BCUT2D eigenvalue weighted by molar-refractivity contribution is 0.371. The van der Waals surface area contributed by atoms with Gasteiger partial charge in [-0.2, -0.15) is 0 Å². The first kappa shape index (κ1) is 20.8. The molecule has 0 aliphatic heterocycles. The van der Waals surface area contributed by atoms with Crippen LogP contribution in [-0.4, -0.2) is 9.79 Å². The molecule has 27 heavy (non-hydrogen) atoms. The van der Waals surface area contributed by atoms with E-state index in [4.69, 9.17) is 9.79 Å². The summed E-state index contributed by atoms with van der Waals surface area (Å²) in [5, 5.41) is 5.24. The van der Waals surface area contributed by atoms with Crippen molar-refractivity contribution in [3.63, 3.8) is 0 Å². The van der Waals surface area contributed by atoms with Crippen LogP contribution in [-0.2, 0) is 13.4 Å². The predicted molar refractivity (Wildman–Crippen MR) is 109 cm³/mol. The van der Waals surface area contributed by atoms with Gasteiger partial charge in [0, 0.05) is 9.13 Å². The van der Waals surface area contributed by atoms with Crippen molar-refractivity contribution >= 4 is 38.1 Å². The van der Waals surface area contributed by atoms with Gasteiger partial charge in [-0.1, -0.05) is 97.1 Å². The Labute approximate surface area is 158 Å². The van der Waals surface area contributed by atoms with Crippen LogP contribution in [0.3, 0.4) is 0 Å². The Balaban J connectivity index is 0.000000149. The molecule has 7 heteroatoms. The molecule has 0 aliphatic carbocycles. The van der Waals surface area contributed by atoms with E-state index in [9.17, 15) is 9.13 Å². The van der Waals surface area contributed by atoms with E-state index in [1.54, 1.807) is 0 Å². The van der Waals surface area contributed by atoms with Gasteiger partial charge in [0.25, 0.3) is 0 Å². The fourth-order valence-corrected chi connectivity index (χ4v) is 2.80. The molecule has 0 radical (unpaired) electrons. The second-order valence-corrected chi connectivity index (χ2v) is 6.86. The fourth-order valence-electron chi connectivity index (χ4n) is 2.33. The van der Waals surface area contributed by atoms with Gasteiger partial charge in [0.15, 0.2) is 4.31 Å². The van der Waals surface area contributed by atoms with Gasteiger partial charge >= 0.3 is 16.5 Å². The zero-order valence-corrected chi connectivity index (χ0v) is 16.0. The van der Waals surface area contributed by atoms with E-state index in [2.05, 4.69) is 101 Å². The van der Waals surface area contributed by atoms with Crippen molar-refractivity contribution in [3.8, 4) is 0 Å². The van der Waals surface area contributed by atoms with Gasteiger partial charge in [-0.3, -0.25) is 0 Å². The lowest BCUT2D eigenvalue weighted by atomic mass is 10.1. The largest absolute Gasteiger partial charge is 0.745 e. The molecule has 0 aromatic heterocycles. The first-order valence-corrected chi connectivity index (χ1v) is 10.2.